The van der Waals surface area contributed by atoms with Crippen molar-refractivity contribution >= 4 is 40.6 Å². The molecule has 5 heterocycles. The summed E-state index contributed by atoms with van der Waals surface area (Å²) in [4.78, 5) is 40.0. The summed E-state index contributed by atoms with van der Waals surface area (Å²) in [5.74, 6) is -1.60. The van der Waals surface area contributed by atoms with Gasteiger partial charge in [-0.1, -0.05) is 11.6 Å². The third-order valence-electron chi connectivity index (χ3n) is 7.95. The van der Waals surface area contributed by atoms with Crippen LogP contribution in [0.3, 0.4) is 0 Å². The largest absolute Gasteiger partial charge is 0.493 e. The predicted octanol–water partition coefficient (Wildman–Crippen LogP) is 5.70. The third kappa shape index (κ3) is 5.27. The van der Waals surface area contributed by atoms with E-state index in [9.17, 15) is 22.8 Å². The second-order valence-electron chi connectivity index (χ2n) is 10.6. The van der Waals surface area contributed by atoms with Crippen molar-refractivity contribution in [3.8, 4) is 17.0 Å². The number of nitrogens with zero attached hydrogens (tertiary/aromatic N) is 5. The Morgan fingerprint density at radius 3 is 2.75 bits per heavy atom. The lowest BCUT2D eigenvalue weighted by molar-refractivity contribution is -0.137. The molecule has 10 nitrogen and oxygen atoms in total. The fourth-order valence-corrected chi connectivity index (χ4v) is 6.17. The number of nitrogens with one attached hydrogen (secondary N) is 1. The number of pyridine rings is 1. The number of alkyl halides is 3. The number of fused-ring (bicyclic) bond motifs is 2. The summed E-state index contributed by atoms with van der Waals surface area (Å²) >= 11 is 6.55. The molecule has 4 aromatic rings. The number of carbonyl (C=O) groups excluding carboxylic acids is 2. The molecule has 3 N–H and O–H groups in total. The second-order valence-corrected chi connectivity index (χ2v) is 11.0. The summed E-state index contributed by atoms with van der Waals surface area (Å²) in [6.07, 6.45) is 0.00531. The molecule has 3 aromatic heterocycles. The van der Waals surface area contributed by atoms with E-state index >= 15 is 4.39 Å². The van der Waals surface area contributed by atoms with Gasteiger partial charge in [-0.25, -0.2) is 15.0 Å². The van der Waals surface area contributed by atoms with Gasteiger partial charge in [0.25, 0.3) is 5.91 Å². The van der Waals surface area contributed by atoms with Crippen LogP contribution in [-0.4, -0.2) is 55.3 Å². The van der Waals surface area contributed by atoms with Gasteiger partial charge in [-0.15, -0.1) is 0 Å². The Morgan fingerprint density at radius 1 is 1.20 bits per heavy atom. The molecule has 2 atom stereocenters. The van der Waals surface area contributed by atoms with Gasteiger partial charge in [-0.3, -0.25) is 14.0 Å². The fraction of sp³-hybridized carbons (Fsp3) is 0.345. The van der Waals surface area contributed by atoms with Crippen LogP contribution in [-0.2, 0) is 11.0 Å². The van der Waals surface area contributed by atoms with Gasteiger partial charge >= 0.3 is 6.18 Å². The Balaban J connectivity index is 1.42. The first-order valence-electron chi connectivity index (χ1n) is 13.9. The Bertz CT molecular complexity index is 1800. The SMILES string of the molecule is CCOc1cc(C(=O)Nc2cc(C(F)(F)F)ccn2)c(Cl)cc1-c1nc([C@@H]2CC[C@H]3CCC(=O)N3C2)n2c(F)cnc(N)c12. The number of hydrogen-bond donors (Lipinski definition) is 2. The van der Waals surface area contributed by atoms with Gasteiger partial charge in [0.2, 0.25) is 11.9 Å². The highest BCUT2D eigenvalue weighted by Crippen LogP contribution is 2.42. The third-order valence-corrected chi connectivity index (χ3v) is 8.26. The molecule has 2 amide bonds. The molecular weight excluding hydrogens is 606 g/mol. The minimum atomic E-state index is -4.63. The van der Waals surface area contributed by atoms with Gasteiger partial charge in [0, 0.05) is 36.7 Å². The normalized spacial score (nSPS) is 18.5. The highest BCUT2D eigenvalue weighted by Gasteiger charge is 2.39. The van der Waals surface area contributed by atoms with E-state index in [1.54, 1.807) is 6.92 Å². The van der Waals surface area contributed by atoms with Crippen LogP contribution in [0.4, 0.5) is 29.2 Å². The first kappa shape index (κ1) is 29.6. The number of rotatable bonds is 6. The highest BCUT2D eigenvalue weighted by molar-refractivity contribution is 6.35. The Labute approximate surface area is 253 Å². The molecule has 6 rings (SSSR count). The molecule has 0 saturated carbocycles. The maximum atomic E-state index is 15.4. The van der Waals surface area contributed by atoms with E-state index in [1.807, 2.05) is 4.90 Å². The van der Waals surface area contributed by atoms with Gasteiger partial charge < -0.3 is 20.7 Å². The monoisotopic (exact) mass is 631 g/mol. The van der Waals surface area contributed by atoms with E-state index < -0.39 is 23.6 Å². The minimum absolute atomic E-state index is 0.0119. The van der Waals surface area contributed by atoms with E-state index in [0.29, 0.717) is 36.8 Å². The average molecular weight is 632 g/mol. The zero-order valence-electron chi connectivity index (χ0n) is 23.3. The minimum Gasteiger partial charge on any atom is -0.493 e. The number of imidazole rings is 1. The van der Waals surface area contributed by atoms with Crippen molar-refractivity contribution in [2.45, 2.75) is 50.7 Å². The van der Waals surface area contributed by atoms with Crippen molar-refractivity contribution in [3.05, 3.63) is 64.6 Å². The molecule has 0 bridgehead atoms. The van der Waals surface area contributed by atoms with Crippen molar-refractivity contribution in [2.75, 3.05) is 24.2 Å². The van der Waals surface area contributed by atoms with Crippen LogP contribution in [0.1, 0.15) is 60.3 Å². The molecule has 1 aromatic carbocycles. The lowest BCUT2D eigenvalue weighted by Crippen LogP contribution is -2.41. The first-order valence-corrected chi connectivity index (χ1v) is 14.3. The molecule has 230 valence electrons. The topological polar surface area (TPSA) is 128 Å². The summed E-state index contributed by atoms with van der Waals surface area (Å²) in [7, 11) is 0. The molecule has 2 fully saturated rings. The second kappa shape index (κ2) is 11.2. The summed E-state index contributed by atoms with van der Waals surface area (Å²) in [5.41, 5.74) is 5.82. The number of benzene rings is 1. The molecule has 2 aliphatic rings. The van der Waals surface area contributed by atoms with Crippen molar-refractivity contribution in [3.63, 3.8) is 0 Å². The lowest BCUT2D eigenvalue weighted by Gasteiger charge is -2.34. The standard InChI is InChI=1S/C29H26ClF4N7O3/c1-2-44-20-11-17(28(43)38-22-9-15(7-8-36-22)29(32,33)34)19(30)10-18(20)24-25-26(35)37-12-21(31)41(25)27(39-24)14-3-4-16-5-6-23(42)40(16)13-14/h7-12,14,16H,2-6,13H2,1H3,(H2,35,37)(H,36,38,43)/t14-,16+/m1/s1. The zero-order valence-corrected chi connectivity index (χ0v) is 24.0. The molecule has 15 heteroatoms. The van der Waals surface area contributed by atoms with Crippen LogP contribution in [0.2, 0.25) is 5.02 Å². The smallest absolute Gasteiger partial charge is 0.416 e. The molecule has 44 heavy (non-hydrogen) atoms. The van der Waals surface area contributed by atoms with Gasteiger partial charge in [-0.2, -0.15) is 17.6 Å². The zero-order chi connectivity index (χ0) is 31.3. The quantitative estimate of drug-likeness (QED) is 0.261. The van der Waals surface area contributed by atoms with E-state index in [-0.39, 0.29) is 63.7 Å². The van der Waals surface area contributed by atoms with Gasteiger partial charge in [0.1, 0.15) is 34.4 Å². The van der Waals surface area contributed by atoms with Crippen molar-refractivity contribution in [1.29, 1.82) is 0 Å². The first-order chi connectivity index (χ1) is 21.0. The van der Waals surface area contributed by atoms with Crippen molar-refractivity contribution in [2.24, 2.45) is 0 Å². The number of carbonyl (C=O) groups is 2. The maximum Gasteiger partial charge on any atom is 0.416 e. The van der Waals surface area contributed by atoms with Crippen LogP contribution in [0, 0.1) is 5.95 Å². The van der Waals surface area contributed by atoms with Gasteiger partial charge in [0.05, 0.1) is 29.0 Å². The van der Waals surface area contributed by atoms with Crippen molar-refractivity contribution < 1.29 is 31.9 Å². The van der Waals surface area contributed by atoms with Crippen LogP contribution in [0.5, 0.6) is 5.75 Å². The number of nitrogen functional groups attached to an aromatic ring is 1. The number of amides is 2. The van der Waals surface area contributed by atoms with E-state index in [0.717, 1.165) is 31.3 Å². The summed E-state index contributed by atoms with van der Waals surface area (Å²) < 4.78 is 62.0. The lowest BCUT2D eigenvalue weighted by atomic mass is 9.92. The Hall–Kier alpha value is -4.46. The molecule has 0 radical (unpaired) electrons. The van der Waals surface area contributed by atoms with Crippen LogP contribution < -0.4 is 15.8 Å². The summed E-state index contributed by atoms with van der Waals surface area (Å²) in [6, 6.07) is 4.38. The number of halogens is 5. The molecular formula is C29H26ClF4N7O3. The number of anilines is 2. The van der Waals surface area contributed by atoms with Crippen LogP contribution >= 0.6 is 11.6 Å². The summed E-state index contributed by atoms with van der Waals surface area (Å²) in [5, 5.41) is 2.25. The molecule has 0 aliphatic carbocycles. The fourth-order valence-electron chi connectivity index (χ4n) is 5.92. The van der Waals surface area contributed by atoms with Crippen LogP contribution in [0.15, 0.2) is 36.7 Å². The van der Waals surface area contributed by atoms with E-state index in [4.69, 9.17) is 27.1 Å². The molecule has 0 spiro atoms. The van der Waals surface area contributed by atoms with E-state index in [1.165, 1.54) is 16.5 Å². The highest BCUT2D eigenvalue weighted by atomic mass is 35.5. The van der Waals surface area contributed by atoms with Gasteiger partial charge in [-0.05, 0) is 50.5 Å². The van der Waals surface area contributed by atoms with Crippen LogP contribution in [0.25, 0.3) is 16.8 Å². The molecule has 2 saturated heterocycles. The molecule has 2 aliphatic heterocycles. The Kier molecular flexibility index (Phi) is 7.56. The van der Waals surface area contributed by atoms with Crippen molar-refractivity contribution in [1.82, 2.24) is 24.3 Å². The van der Waals surface area contributed by atoms with E-state index in [2.05, 4.69) is 15.3 Å². The number of ether oxygens (including phenoxy) is 1. The average Bonchev–Trinajstić information content (AvgIpc) is 3.57. The Morgan fingerprint density at radius 2 is 2.00 bits per heavy atom. The molecule has 0 unspecified atom stereocenters. The number of hydrogen-bond acceptors (Lipinski definition) is 7. The van der Waals surface area contributed by atoms with Gasteiger partial charge in [0.15, 0.2) is 0 Å². The maximum absolute atomic E-state index is 15.4. The predicted molar refractivity (Wildman–Crippen MR) is 153 cm³/mol. The summed E-state index contributed by atoms with van der Waals surface area (Å²) in [6.45, 7) is 2.25. The number of aromatic nitrogens is 4. The number of piperidine rings is 1. The number of nitrogens with two attached hydrogens (primary N) is 1.